The van der Waals surface area contributed by atoms with Gasteiger partial charge in [-0.3, -0.25) is 0 Å². The Labute approximate surface area is 124 Å². The molecule has 1 aliphatic rings. The number of likely N-dealkylation sites (tertiary alicyclic amines) is 1. The zero-order valence-corrected chi connectivity index (χ0v) is 12.9. The number of nitrogens with zero attached hydrogens (tertiary/aromatic N) is 2. The first-order chi connectivity index (χ1) is 9.65. The Balaban J connectivity index is 1.64. The molecule has 0 radical (unpaired) electrons. The Kier molecular flexibility index (Phi) is 3.81. The molecule has 0 amide bonds. The SMILES string of the molecule is CC(C)N1CCC(CNc2ccc3scnc3c2N)C1. The molecule has 20 heavy (non-hydrogen) atoms. The van der Waals surface area contributed by atoms with Crippen molar-refractivity contribution >= 4 is 32.9 Å². The van der Waals surface area contributed by atoms with Crippen molar-refractivity contribution in [2.24, 2.45) is 5.92 Å². The van der Waals surface area contributed by atoms with Crippen molar-refractivity contribution in [3.63, 3.8) is 0 Å². The molecule has 5 heteroatoms. The van der Waals surface area contributed by atoms with Crippen LogP contribution in [-0.2, 0) is 0 Å². The molecule has 108 valence electrons. The average Bonchev–Trinajstić information content (AvgIpc) is 3.07. The summed E-state index contributed by atoms with van der Waals surface area (Å²) in [6.07, 6.45) is 1.27. The van der Waals surface area contributed by atoms with Crippen molar-refractivity contribution in [2.75, 3.05) is 30.7 Å². The number of fused-ring (bicyclic) bond motifs is 1. The van der Waals surface area contributed by atoms with E-state index in [1.54, 1.807) is 11.3 Å². The highest BCUT2D eigenvalue weighted by molar-refractivity contribution is 7.16. The van der Waals surface area contributed by atoms with E-state index >= 15 is 0 Å². The normalized spacial score (nSPS) is 20.1. The summed E-state index contributed by atoms with van der Waals surface area (Å²) in [7, 11) is 0. The monoisotopic (exact) mass is 290 g/mol. The highest BCUT2D eigenvalue weighted by Gasteiger charge is 2.24. The molecule has 1 unspecified atom stereocenters. The number of hydrogen-bond donors (Lipinski definition) is 2. The molecule has 0 spiro atoms. The number of nitrogens with one attached hydrogen (secondary N) is 1. The Bertz CT molecular complexity index is 593. The van der Waals surface area contributed by atoms with Gasteiger partial charge in [0.15, 0.2) is 0 Å². The zero-order valence-electron chi connectivity index (χ0n) is 12.1. The molecule has 0 aliphatic carbocycles. The third-order valence-corrected chi connectivity index (χ3v) is 4.96. The first-order valence-electron chi connectivity index (χ1n) is 7.24. The van der Waals surface area contributed by atoms with E-state index in [0.717, 1.165) is 28.1 Å². The number of rotatable bonds is 4. The fourth-order valence-electron chi connectivity index (χ4n) is 2.86. The number of anilines is 2. The van der Waals surface area contributed by atoms with E-state index < -0.39 is 0 Å². The quantitative estimate of drug-likeness (QED) is 0.850. The second kappa shape index (κ2) is 5.58. The third-order valence-electron chi connectivity index (χ3n) is 4.17. The molecule has 3 N–H and O–H groups in total. The summed E-state index contributed by atoms with van der Waals surface area (Å²) < 4.78 is 1.15. The van der Waals surface area contributed by atoms with Gasteiger partial charge in [-0.05, 0) is 44.9 Å². The predicted octanol–water partition coefficient (Wildman–Crippen LogP) is 3.02. The lowest BCUT2D eigenvalue weighted by Crippen LogP contribution is -2.29. The smallest absolute Gasteiger partial charge is 0.106 e. The average molecular weight is 290 g/mol. The third kappa shape index (κ3) is 2.60. The molecule has 0 bridgehead atoms. The van der Waals surface area contributed by atoms with E-state index in [1.807, 2.05) is 5.51 Å². The minimum absolute atomic E-state index is 0.649. The fraction of sp³-hybridized carbons (Fsp3) is 0.533. The van der Waals surface area contributed by atoms with E-state index in [-0.39, 0.29) is 0 Å². The van der Waals surface area contributed by atoms with Crippen molar-refractivity contribution in [3.05, 3.63) is 17.6 Å². The minimum atomic E-state index is 0.649. The maximum absolute atomic E-state index is 6.19. The van der Waals surface area contributed by atoms with Gasteiger partial charge in [-0.1, -0.05) is 0 Å². The second-order valence-corrected chi connectivity index (χ2v) is 6.74. The van der Waals surface area contributed by atoms with E-state index in [0.29, 0.717) is 12.0 Å². The lowest BCUT2D eigenvalue weighted by atomic mass is 10.1. The van der Waals surface area contributed by atoms with Crippen molar-refractivity contribution < 1.29 is 0 Å². The molecular weight excluding hydrogens is 268 g/mol. The molecule has 1 aromatic heterocycles. The van der Waals surface area contributed by atoms with Gasteiger partial charge in [0.2, 0.25) is 0 Å². The zero-order chi connectivity index (χ0) is 14.1. The van der Waals surface area contributed by atoms with Crippen LogP contribution in [0.25, 0.3) is 10.2 Å². The molecule has 0 saturated carbocycles. The van der Waals surface area contributed by atoms with Gasteiger partial charge in [-0.25, -0.2) is 4.98 Å². The first-order valence-corrected chi connectivity index (χ1v) is 8.12. The Morgan fingerprint density at radius 2 is 2.35 bits per heavy atom. The number of thiazole rings is 1. The second-order valence-electron chi connectivity index (χ2n) is 5.85. The van der Waals surface area contributed by atoms with Gasteiger partial charge < -0.3 is 16.0 Å². The van der Waals surface area contributed by atoms with Crippen molar-refractivity contribution in [3.8, 4) is 0 Å². The van der Waals surface area contributed by atoms with Gasteiger partial charge in [0, 0.05) is 19.1 Å². The number of benzene rings is 1. The van der Waals surface area contributed by atoms with Crippen LogP contribution in [0.1, 0.15) is 20.3 Å². The maximum Gasteiger partial charge on any atom is 0.106 e. The van der Waals surface area contributed by atoms with Crippen LogP contribution >= 0.6 is 11.3 Å². The highest BCUT2D eigenvalue weighted by Crippen LogP contribution is 2.30. The van der Waals surface area contributed by atoms with Crippen LogP contribution in [0.5, 0.6) is 0 Å². The van der Waals surface area contributed by atoms with Crippen molar-refractivity contribution in [1.29, 1.82) is 0 Å². The largest absolute Gasteiger partial charge is 0.395 e. The van der Waals surface area contributed by atoms with Crippen LogP contribution in [0.3, 0.4) is 0 Å². The molecule has 3 rings (SSSR count). The summed E-state index contributed by atoms with van der Waals surface area (Å²) >= 11 is 1.63. The molecule has 1 aromatic carbocycles. The number of nitrogen functional groups attached to an aromatic ring is 1. The molecule has 1 saturated heterocycles. The van der Waals surface area contributed by atoms with Gasteiger partial charge in [-0.2, -0.15) is 0 Å². The molecule has 1 atom stereocenters. The summed E-state index contributed by atoms with van der Waals surface area (Å²) in [5, 5.41) is 3.51. The van der Waals surface area contributed by atoms with Gasteiger partial charge >= 0.3 is 0 Å². The molecule has 2 heterocycles. The van der Waals surface area contributed by atoms with Crippen LogP contribution < -0.4 is 11.1 Å². The molecule has 4 nitrogen and oxygen atoms in total. The summed E-state index contributed by atoms with van der Waals surface area (Å²) in [6, 6.07) is 4.82. The van der Waals surface area contributed by atoms with Crippen LogP contribution in [0.4, 0.5) is 11.4 Å². The number of nitrogens with two attached hydrogens (primary N) is 1. The highest BCUT2D eigenvalue weighted by atomic mass is 32.1. The van der Waals surface area contributed by atoms with Crippen LogP contribution in [0.2, 0.25) is 0 Å². The van der Waals surface area contributed by atoms with E-state index in [9.17, 15) is 0 Å². The number of hydrogen-bond acceptors (Lipinski definition) is 5. The lowest BCUT2D eigenvalue weighted by molar-refractivity contribution is 0.266. The summed E-state index contributed by atoms with van der Waals surface area (Å²) in [5.74, 6) is 0.711. The van der Waals surface area contributed by atoms with Gasteiger partial charge in [0.05, 0.1) is 21.6 Å². The minimum Gasteiger partial charge on any atom is -0.395 e. The lowest BCUT2D eigenvalue weighted by Gasteiger charge is -2.20. The summed E-state index contributed by atoms with van der Waals surface area (Å²) in [6.45, 7) is 7.92. The Morgan fingerprint density at radius 3 is 3.10 bits per heavy atom. The number of aromatic nitrogens is 1. The summed E-state index contributed by atoms with van der Waals surface area (Å²) in [4.78, 5) is 6.88. The predicted molar refractivity (Wildman–Crippen MR) is 87.3 cm³/mol. The molecule has 1 aliphatic heterocycles. The Hall–Kier alpha value is -1.33. The van der Waals surface area contributed by atoms with E-state index in [2.05, 4.69) is 41.2 Å². The van der Waals surface area contributed by atoms with Crippen LogP contribution in [0, 0.1) is 5.92 Å². The summed E-state index contributed by atoms with van der Waals surface area (Å²) in [5.41, 5.74) is 10.8. The first kappa shape index (κ1) is 13.6. The van der Waals surface area contributed by atoms with Gasteiger partial charge in [0.1, 0.15) is 5.52 Å². The fourth-order valence-corrected chi connectivity index (χ4v) is 3.55. The Morgan fingerprint density at radius 1 is 1.50 bits per heavy atom. The van der Waals surface area contributed by atoms with E-state index in [1.165, 1.54) is 19.5 Å². The van der Waals surface area contributed by atoms with Crippen molar-refractivity contribution in [2.45, 2.75) is 26.3 Å². The molecule has 2 aromatic rings. The van der Waals surface area contributed by atoms with Crippen LogP contribution in [-0.4, -0.2) is 35.6 Å². The van der Waals surface area contributed by atoms with E-state index in [4.69, 9.17) is 5.73 Å². The van der Waals surface area contributed by atoms with Gasteiger partial charge in [-0.15, -0.1) is 11.3 Å². The molecular formula is C15H22N4S. The topological polar surface area (TPSA) is 54.2 Å². The van der Waals surface area contributed by atoms with Gasteiger partial charge in [0.25, 0.3) is 0 Å². The van der Waals surface area contributed by atoms with Crippen molar-refractivity contribution in [1.82, 2.24) is 9.88 Å². The standard InChI is InChI=1S/C15H22N4S/c1-10(2)19-6-5-11(8-19)7-17-12-3-4-13-15(14(12)16)18-9-20-13/h3-4,9-11,17H,5-8,16H2,1-2H3. The molecule has 1 fully saturated rings. The maximum atomic E-state index is 6.19. The van der Waals surface area contributed by atoms with Crippen LogP contribution in [0.15, 0.2) is 17.6 Å².